The monoisotopic (exact) mass is 206 g/mol. The predicted molar refractivity (Wildman–Crippen MR) is 58.9 cm³/mol. The SMILES string of the molecule is N=C(C1CC1)N1CCc2sccc2C1. The van der Waals surface area contributed by atoms with Crippen molar-refractivity contribution in [2.24, 2.45) is 5.92 Å². The van der Waals surface area contributed by atoms with E-state index in [4.69, 9.17) is 5.41 Å². The molecule has 0 spiro atoms. The van der Waals surface area contributed by atoms with E-state index in [1.54, 1.807) is 0 Å². The Hall–Kier alpha value is -0.830. The third-order valence-corrected chi connectivity index (χ3v) is 4.14. The van der Waals surface area contributed by atoms with Gasteiger partial charge in [-0.2, -0.15) is 0 Å². The first kappa shape index (κ1) is 8.48. The first-order chi connectivity index (χ1) is 6.84. The Labute approximate surface area is 88.1 Å². The molecule has 3 rings (SSSR count). The van der Waals surface area contributed by atoms with Crippen molar-refractivity contribution in [3.63, 3.8) is 0 Å². The van der Waals surface area contributed by atoms with Crippen LogP contribution in [0, 0.1) is 11.3 Å². The van der Waals surface area contributed by atoms with Gasteiger partial charge in [0.1, 0.15) is 0 Å². The zero-order valence-electron chi connectivity index (χ0n) is 8.12. The quantitative estimate of drug-likeness (QED) is 0.554. The topological polar surface area (TPSA) is 27.1 Å². The minimum absolute atomic E-state index is 0.593. The Morgan fingerprint density at radius 1 is 1.50 bits per heavy atom. The van der Waals surface area contributed by atoms with Gasteiger partial charge in [-0.15, -0.1) is 11.3 Å². The molecule has 0 amide bonds. The highest BCUT2D eigenvalue weighted by atomic mass is 32.1. The number of hydrogen-bond acceptors (Lipinski definition) is 2. The van der Waals surface area contributed by atoms with E-state index >= 15 is 0 Å². The fourth-order valence-corrected chi connectivity index (χ4v) is 2.96. The third-order valence-electron chi connectivity index (χ3n) is 3.11. The van der Waals surface area contributed by atoms with Gasteiger partial charge < -0.3 is 4.90 Å². The van der Waals surface area contributed by atoms with Crippen molar-refractivity contribution in [1.82, 2.24) is 4.90 Å². The maximum absolute atomic E-state index is 8.02. The number of fused-ring (bicyclic) bond motifs is 1. The number of nitrogens with one attached hydrogen (secondary N) is 1. The molecule has 1 saturated carbocycles. The molecule has 14 heavy (non-hydrogen) atoms. The van der Waals surface area contributed by atoms with Gasteiger partial charge in [0.05, 0.1) is 5.84 Å². The number of amidine groups is 1. The van der Waals surface area contributed by atoms with E-state index in [2.05, 4.69) is 16.3 Å². The Bertz CT molecular complexity index is 365. The second-order valence-electron chi connectivity index (χ2n) is 4.20. The van der Waals surface area contributed by atoms with E-state index in [9.17, 15) is 0 Å². The molecule has 1 aromatic rings. The minimum atomic E-state index is 0.593. The largest absolute Gasteiger partial charge is 0.356 e. The molecule has 0 aromatic carbocycles. The van der Waals surface area contributed by atoms with E-state index < -0.39 is 0 Å². The summed E-state index contributed by atoms with van der Waals surface area (Å²) in [4.78, 5) is 3.79. The van der Waals surface area contributed by atoms with Gasteiger partial charge in [-0.25, -0.2) is 0 Å². The Morgan fingerprint density at radius 2 is 2.36 bits per heavy atom. The van der Waals surface area contributed by atoms with Gasteiger partial charge in [-0.1, -0.05) is 0 Å². The molecular formula is C11H14N2S. The first-order valence-electron chi connectivity index (χ1n) is 5.23. The Kier molecular flexibility index (Phi) is 1.87. The number of nitrogens with zero attached hydrogens (tertiary/aromatic N) is 1. The van der Waals surface area contributed by atoms with Gasteiger partial charge in [0.15, 0.2) is 0 Å². The standard InChI is InChI=1S/C11H14N2S/c12-11(8-1-2-8)13-5-3-10-9(7-13)4-6-14-10/h4,6,8,12H,1-3,5,7H2. The lowest BCUT2D eigenvalue weighted by atomic mass is 10.1. The average molecular weight is 206 g/mol. The lowest BCUT2D eigenvalue weighted by molar-refractivity contribution is 0.384. The molecule has 0 radical (unpaired) electrons. The molecule has 2 nitrogen and oxygen atoms in total. The van der Waals surface area contributed by atoms with Crippen LogP contribution in [0.5, 0.6) is 0 Å². The minimum Gasteiger partial charge on any atom is -0.356 e. The van der Waals surface area contributed by atoms with Crippen molar-refractivity contribution in [3.8, 4) is 0 Å². The first-order valence-corrected chi connectivity index (χ1v) is 6.11. The average Bonchev–Trinajstić information content (AvgIpc) is 2.95. The van der Waals surface area contributed by atoms with Crippen LogP contribution >= 0.6 is 11.3 Å². The molecule has 0 unspecified atom stereocenters. The van der Waals surface area contributed by atoms with Crippen molar-refractivity contribution in [3.05, 3.63) is 21.9 Å². The van der Waals surface area contributed by atoms with Crippen LogP contribution in [0.4, 0.5) is 0 Å². The van der Waals surface area contributed by atoms with Crippen LogP contribution in [0.1, 0.15) is 23.3 Å². The smallest absolute Gasteiger partial charge is 0.0992 e. The van der Waals surface area contributed by atoms with Crippen LogP contribution in [0.2, 0.25) is 0 Å². The summed E-state index contributed by atoms with van der Waals surface area (Å²) in [7, 11) is 0. The molecule has 74 valence electrons. The molecule has 0 bridgehead atoms. The highest BCUT2D eigenvalue weighted by Crippen LogP contribution is 2.33. The fraction of sp³-hybridized carbons (Fsp3) is 0.545. The second kappa shape index (κ2) is 3.09. The maximum atomic E-state index is 8.02. The summed E-state index contributed by atoms with van der Waals surface area (Å²) in [6, 6.07) is 2.21. The van der Waals surface area contributed by atoms with Crippen molar-refractivity contribution in [2.75, 3.05) is 6.54 Å². The fourth-order valence-electron chi connectivity index (χ4n) is 2.07. The molecule has 0 atom stereocenters. The maximum Gasteiger partial charge on any atom is 0.0992 e. The van der Waals surface area contributed by atoms with Crippen LogP contribution in [0.15, 0.2) is 11.4 Å². The molecule has 2 heterocycles. The molecule has 1 aromatic heterocycles. The van der Waals surface area contributed by atoms with Crippen LogP contribution in [0.3, 0.4) is 0 Å². The van der Waals surface area contributed by atoms with Crippen molar-refractivity contribution in [2.45, 2.75) is 25.8 Å². The number of rotatable bonds is 1. The van der Waals surface area contributed by atoms with Gasteiger partial charge in [0.2, 0.25) is 0 Å². The summed E-state index contributed by atoms with van der Waals surface area (Å²) in [5.74, 6) is 1.48. The summed E-state index contributed by atoms with van der Waals surface area (Å²) in [6.45, 7) is 2.04. The van der Waals surface area contributed by atoms with E-state index in [-0.39, 0.29) is 0 Å². The summed E-state index contributed by atoms with van der Waals surface area (Å²) in [6.07, 6.45) is 3.62. The molecule has 1 aliphatic heterocycles. The van der Waals surface area contributed by atoms with E-state index in [1.165, 1.54) is 23.3 Å². The van der Waals surface area contributed by atoms with Crippen molar-refractivity contribution in [1.29, 1.82) is 5.41 Å². The highest BCUT2D eigenvalue weighted by molar-refractivity contribution is 7.10. The molecule has 0 saturated heterocycles. The van der Waals surface area contributed by atoms with Crippen LogP contribution < -0.4 is 0 Å². The summed E-state index contributed by atoms with van der Waals surface area (Å²) < 4.78 is 0. The molecular weight excluding hydrogens is 192 g/mol. The third kappa shape index (κ3) is 1.36. The van der Waals surface area contributed by atoms with Gasteiger partial charge in [0.25, 0.3) is 0 Å². The Balaban J connectivity index is 1.77. The second-order valence-corrected chi connectivity index (χ2v) is 5.20. The van der Waals surface area contributed by atoms with Gasteiger partial charge in [-0.3, -0.25) is 5.41 Å². The molecule has 1 aliphatic carbocycles. The normalized spacial score (nSPS) is 20.7. The summed E-state index contributed by atoms with van der Waals surface area (Å²) >= 11 is 1.87. The van der Waals surface area contributed by atoms with E-state index in [1.807, 2.05) is 11.3 Å². The summed E-state index contributed by atoms with van der Waals surface area (Å²) in [5, 5.41) is 10.2. The lowest BCUT2D eigenvalue weighted by Crippen LogP contribution is -2.35. The number of hydrogen-bond donors (Lipinski definition) is 1. The zero-order chi connectivity index (χ0) is 9.54. The summed E-state index contributed by atoms with van der Waals surface area (Å²) in [5.41, 5.74) is 1.45. The molecule has 1 fully saturated rings. The van der Waals surface area contributed by atoms with Crippen molar-refractivity contribution >= 4 is 17.2 Å². The van der Waals surface area contributed by atoms with E-state index in [0.29, 0.717) is 5.92 Å². The Morgan fingerprint density at radius 3 is 3.14 bits per heavy atom. The van der Waals surface area contributed by atoms with Gasteiger partial charge in [-0.05, 0) is 36.3 Å². The molecule has 3 heteroatoms. The van der Waals surface area contributed by atoms with E-state index in [0.717, 1.165) is 25.3 Å². The van der Waals surface area contributed by atoms with Crippen LogP contribution in [0.25, 0.3) is 0 Å². The molecule has 2 aliphatic rings. The van der Waals surface area contributed by atoms with Gasteiger partial charge in [0, 0.05) is 23.9 Å². The van der Waals surface area contributed by atoms with Crippen LogP contribution in [-0.2, 0) is 13.0 Å². The predicted octanol–water partition coefficient (Wildman–Crippen LogP) is 2.49. The zero-order valence-corrected chi connectivity index (χ0v) is 8.94. The van der Waals surface area contributed by atoms with Crippen LogP contribution in [-0.4, -0.2) is 17.3 Å². The number of thiophene rings is 1. The molecule has 1 N–H and O–H groups in total. The lowest BCUT2D eigenvalue weighted by Gasteiger charge is -2.29. The highest BCUT2D eigenvalue weighted by Gasteiger charge is 2.31. The van der Waals surface area contributed by atoms with Crippen molar-refractivity contribution < 1.29 is 0 Å². The van der Waals surface area contributed by atoms with Gasteiger partial charge >= 0.3 is 0 Å².